The first-order valence-corrected chi connectivity index (χ1v) is 11.4. The molecule has 1 aliphatic rings. The largest absolute Gasteiger partial charge is 0.481 e. The molecule has 3 aromatic rings. The molecular formula is C26H33N3O2. The number of aromatic nitrogens is 2. The van der Waals surface area contributed by atoms with Gasteiger partial charge in [0.15, 0.2) is 0 Å². The number of benzene rings is 2. The smallest absolute Gasteiger partial charge is 0.307 e. The molecule has 5 nitrogen and oxygen atoms in total. The molecule has 1 saturated carbocycles. The van der Waals surface area contributed by atoms with Gasteiger partial charge in [-0.15, -0.1) is 0 Å². The highest BCUT2D eigenvalue weighted by atomic mass is 16.4. The van der Waals surface area contributed by atoms with Gasteiger partial charge in [-0.05, 0) is 72.6 Å². The first kappa shape index (κ1) is 21.4. The van der Waals surface area contributed by atoms with E-state index in [1.165, 1.54) is 18.4 Å². The zero-order valence-electron chi connectivity index (χ0n) is 19.0. The van der Waals surface area contributed by atoms with Crippen molar-refractivity contribution in [2.45, 2.75) is 71.8 Å². The average Bonchev–Trinajstić information content (AvgIpc) is 3.04. The minimum atomic E-state index is -0.813. The molecule has 2 unspecified atom stereocenters. The Hall–Kier alpha value is -2.82. The fraction of sp³-hybridized carbons (Fsp3) is 0.462. The van der Waals surface area contributed by atoms with Gasteiger partial charge >= 0.3 is 5.97 Å². The molecule has 1 aliphatic carbocycles. The predicted octanol–water partition coefficient (Wildman–Crippen LogP) is 6.59. The van der Waals surface area contributed by atoms with E-state index < -0.39 is 5.97 Å². The van der Waals surface area contributed by atoms with E-state index in [0.29, 0.717) is 17.9 Å². The van der Waals surface area contributed by atoms with E-state index in [9.17, 15) is 9.90 Å². The van der Waals surface area contributed by atoms with Crippen molar-refractivity contribution in [1.29, 1.82) is 0 Å². The van der Waals surface area contributed by atoms with Crippen molar-refractivity contribution in [3.63, 3.8) is 0 Å². The molecule has 2 aromatic carbocycles. The molecular weight excluding hydrogens is 386 g/mol. The molecule has 31 heavy (non-hydrogen) atoms. The van der Waals surface area contributed by atoms with Crippen LogP contribution in [0.5, 0.6) is 0 Å². The van der Waals surface area contributed by atoms with Gasteiger partial charge in [0.05, 0.1) is 17.5 Å². The van der Waals surface area contributed by atoms with Crippen LogP contribution in [-0.4, -0.2) is 20.6 Å². The van der Waals surface area contributed by atoms with Crippen LogP contribution in [0.15, 0.2) is 36.4 Å². The Morgan fingerprint density at radius 3 is 2.61 bits per heavy atom. The maximum absolute atomic E-state index is 11.3. The lowest BCUT2D eigenvalue weighted by Gasteiger charge is -2.29. The molecule has 1 heterocycles. The Balaban J connectivity index is 1.77. The fourth-order valence-electron chi connectivity index (χ4n) is 4.82. The topological polar surface area (TPSA) is 67.2 Å². The Labute approximate surface area is 184 Å². The molecule has 0 spiro atoms. The number of aliphatic carboxylic acids is 1. The molecule has 164 valence electrons. The number of carboxylic acids is 1. The number of aryl methyl sites for hydroxylation is 1. The number of rotatable bonds is 6. The zero-order valence-corrected chi connectivity index (χ0v) is 19.0. The van der Waals surface area contributed by atoms with Gasteiger partial charge in [-0.3, -0.25) is 4.79 Å². The normalized spacial score (nSPS) is 19.1. The number of fused-ring (bicyclic) bond motifs is 1. The minimum absolute atomic E-state index is 0.0223. The van der Waals surface area contributed by atoms with Crippen LogP contribution in [0, 0.1) is 12.8 Å². The third-order valence-electron chi connectivity index (χ3n) is 6.60. The van der Waals surface area contributed by atoms with E-state index in [-0.39, 0.29) is 6.42 Å². The van der Waals surface area contributed by atoms with Crippen LogP contribution in [0.1, 0.15) is 75.1 Å². The number of carbonyl (C=O) groups is 1. The summed E-state index contributed by atoms with van der Waals surface area (Å²) in [7, 11) is 0. The lowest BCUT2D eigenvalue weighted by atomic mass is 9.87. The second-order valence-corrected chi connectivity index (χ2v) is 9.47. The molecule has 0 saturated heterocycles. The molecule has 5 heteroatoms. The van der Waals surface area contributed by atoms with Crippen LogP contribution in [0.3, 0.4) is 0 Å². The van der Waals surface area contributed by atoms with Crippen LogP contribution >= 0.6 is 0 Å². The Morgan fingerprint density at radius 1 is 1.23 bits per heavy atom. The average molecular weight is 420 g/mol. The van der Waals surface area contributed by atoms with E-state index in [1.807, 2.05) is 13.0 Å². The Bertz CT molecular complexity index is 1080. The van der Waals surface area contributed by atoms with Gasteiger partial charge in [-0.2, -0.15) is 0 Å². The van der Waals surface area contributed by atoms with Crippen molar-refractivity contribution >= 4 is 28.6 Å². The maximum Gasteiger partial charge on any atom is 0.307 e. The van der Waals surface area contributed by atoms with Gasteiger partial charge < -0.3 is 15.0 Å². The summed E-state index contributed by atoms with van der Waals surface area (Å²) < 4.78 is 2.36. The van der Waals surface area contributed by atoms with Gasteiger partial charge in [0.25, 0.3) is 0 Å². The number of nitrogens with zero attached hydrogens (tertiary/aromatic N) is 2. The number of nitrogens with one attached hydrogen (secondary N) is 1. The summed E-state index contributed by atoms with van der Waals surface area (Å²) in [5.41, 5.74) is 6.12. The van der Waals surface area contributed by atoms with Gasteiger partial charge in [-0.25, -0.2) is 4.98 Å². The highest BCUT2D eigenvalue weighted by Gasteiger charge is 2.25. The van der Waals surface area contributed by atoms with Crippen molar-refractivity contribution in [3.8, 4) is 0 Å². The molecule has 2 atom stereocenters. The molecule has 1 fully saturated rings. The maximum atomic E-state index is 11.3. The second-order valence-electron chi connectivity index (χ2n) is 9.47. The van der Waals surface area contributed by atoms with Gasteiger partial charge in [-0.1, -0.05) is 45.7 Å². The quantitative estimate of drug-likeness (QED) is 0.473. The minimum Gasteiger partial charge on any atom is -0.481 e. The first-order valence-electron chi connectivity index (χ1n) is 11.4. The van der Waals surface area contributed by atoms with E-state index >= 15 is 0 Å². The lowest BCUT2D eigenvalue weighted by Crippen LogP contribution is -2.19. The van der Waals surface area contributed by atoms with Crippen LogP contribution in [0.25, 0.3) is 11.0 Å². The summed E-state index contributed by atoms with van der Waals surface area (Å²) in [4.78, 5) is 16.2. The number of hydrogen-bond acceptors (Lipinski definition) is 3. The van der Waals surface area contributed by atoms with Crippen molar-refractivity contribution in [2.24, 2.45) is 5.92 Å². The third-order valence-corrected chi connectivity index (χ3v) is 6.60. The van der Waals surface area contributed by atoms with Crippen LogP contribution in [0.2, 0.25) is 0 Å². The number of hydrogen-bond donors (Lipinski definition) is 2. The summed E-state index contributed by atoms with van der Waals surface area (Å²) in [5.74, 6) is 1.23. The van der Waals surface area contributed by atoms with Gasteiger partial charge in [0, 0.05) is 11.7 Å². The van der Waals surface area contributed by atoms with Crippen LogP contribution in [0.4, 0.5) is 11.6 Å². The SMILES string of the molecule is Cc1cc2c(cc1CC(=O)O)nc(Nc1ccc(C(C)C)cc1)n2C1CCCC(C)C1. The molecule has 4 rings (SSSR count). The molecule has 0 aliphatic heterocycles. The zero-order chi connectivity index (χ0) is 22.1. The summed E-state index contributed by atoms with van der Waals surface area (Å²) >= 11 is 0. The Morgan fingerprint density at radius 2 is 1.97 bits per heavy atom. The number of anilines is 2. The summed E-state index contributed by atoms with van der Waals surface area (Å²) in [5, 5.41) is 12.8. The second kappa shape index (κ2) is 8.74. The molecule has 2 N–H and O–H groups in total. The van der Waals surface area contributed by atoms with Gasteiger partial charge in [0.2, 0.25) is 5.95 Å². The first-order chi connectivity index (χ1) is 14.8. The number of imidazole rings is 1. The lowest BCUT2D eigenvalue weighted by molar-refractivity contribution is -0.136. The summed E-state index contributed by atoms with van der Waals surface area (Å²) in [6.07, 6.45) is 4.82. The van der Waals surface area contributed by atoms with E-state index in [0.717, 1.165) is 46.6 Å². The van der Waals surface area contributed by atoms with E-state index in [4.69, 9.17) is 4.98 Å². The van der Waals surface area contributed by atoms with Gasteiger partial charge in [0.1, 0.15) is 0 Å². The molecule has 0 radical (unpaired) electrons. The van der Waals surface area contributed by atoms with Crippen molar-refractivity contribution in [3.05, 3.63) is 53.1 Å². The molecule has 0 amide bonds. The van der Waals surface area contributed by atoms with Crippen molar-refractivity contribution in [1.82, 2.24) is 9.55 Å². The third kappa shape index (κ3) is 4.60. The van der Waals surface area contributed by atoms with Crippen LogP contribution < -0.4 is 5.32 Å². The highest BCUT2D eigenvalue weighted by Crippen LogP contribution is 2.38. The predicted molar refractivity (Wildman–Crippen MR) is 126 cm³/mol. The van der Waals surface area contributed by atoms with Crippen LogP contribution in [-0.2, 0) is 11.2 Å². The van der Waals surface area contributed by atoms with Crippen molar-refractivity contribution in [2.75, 3.05) is 5.32 Å². The van der Waals surface area contributed by atoms with Crippen molar-refractivity contribution < 1.29 is 9.90 Å². The van der Waals surface area contributed by atoms with E-state index in [2.05, 4.69) is 61.0 Å². The summed E-state index contributed by atoms with van der Waals surface area (Å²) in [6.45, 7) is 8.72. The monoisotopic (exact) mass is 419 g/mol. The van der Waals surface area contributed by atoms with E-state index in [1.54, 1.807) is 0 Å². The molecule has 1 aromatic heterocycles. The summed E-state index contributed by atoms with van der Waals surface area (Å²) in [6, 6.07) is 13.0. The number of carboxylic acid groups (broad SMARTS) is 1. The Kier molecular flexibility index (Phi) is 6.03. The highest BCUT2D eigenvalue weighted by molar-refractivity contribution is 5.83. The fourth-order valence-corrected chi connectivity index (χ4v) is 4.82. The standard InChI is InChI=1S/C26H33N3O2/c1-16(2)19-8-10-21(11-9-19)27-26-28-23-14-20(15-25(30)31)18(4)13-24(23)29(26)22-7-5-6-17(3)12-22/h8-11,13-14,16-17,22H,5-7,12,15H2,1-4H3,(H,27,28)(H,30,31). The molecule has 0 bridgehead atoms.